The predicted octanol–water partition coefficient (Wildman–Crippen LogP) is 4.61. The van der Waals surface area contributed by atoms with Crippen LogP contribution < -0.4 is 0 Å². The fourth-order valence-electron chi connectivity index (χ4n) is 1.37. The van der Waals surface area contributed by atoms with E-state index in [1.807, 2.05) is 0 Å². The van der Waals surface area contributed by atoms with Crippen LogP contribution in [0.3, 0.4) is 0 Å². The molecule has 0 aliphatic rings. The number of hydrogen-bond acceptors (Lipinski definition) is 1. The lowest BCUT2D eigenvalue weighted by atomic mass is 9.99. The minimum Gasteiger partial charge on any atom is -0.413 e. The lowest BCUT2D eigenvalue weighted by Crippen LogP contribution is -2.45. The average molecular weight is 228 g/mol. The molecular weight excluding hydrogens is 200 g/mol. The van der Waals surface area contributed by atoms with Gasteiger partial charge in [0.1, 0.15) is 0 Å². The topological polar surface area (TPSA) is 9.23 Å². The van der Waals surface area contributed by atoms with E-state index in [1.165, 1.54) is 0 Å². The molecule has 0 amide bonds. The van der Waals surface area contributed by atoms with E-state index < -0.39 is 8.32 Å². The SMILES string of the molecule is CC/C=C/CO[Si](C)(C)C(C)(C)C(C)C. The third kappa shape index (κ3) is 4.11. The van der Waals surface area contributed by atoms with Crippen molar-refractivity contribution in [2.45, 2.75) is 59.2 Å². The Morgan fingerprint density at radius 2 is 1.73 bits per heavy atom. The largest absolute Gasteiger partial charge is 0.413 e. The molecular formula is C13H28OSi. The van der Waals surface area contributed by atoms with Gasteiger partial charge >= 0.3 is 0 Å². The molecule has 0 atom stereocenters. The van der Waals surface area contributed by atoms with E-state index >= 15 is 0 Å². The van der Waals surface area contributed by atoms with Crippen LogP contribution in [0.2, 0.25) is 18.1 Å². The molecule has 0 saturated carbocycles. The smallest absolute Gasteiger partial charge is 0.192 e. The van der Waals surface area contributed by atoms with Gasteiger partial charge in [0.15, 0.2) is 8.32 Å². The van der Waals surface area contributed by atoms with Crippen molar-refractivity contribution >= 4 is 8.32 Å². The number of rotatable bonds is 6. The van der Waals surface area contributed by atoms with E-state index in [4.69, 9.17) is 4.43 Å². The van der Waals surface area contributed by atoms with Crippen LogP contribution in [0.5, 0.6) is 0 Å². The van der Waals surface area contributed by atoms with Crippen molar-refractivity contribution in [3.63, 3.8) is 0 Å². The number of hydrogen-bond donors (Lipinski definition) is 0. The highest BCUT2D eigenvalue weighted by Gasteiger charge is 2.42. The Kier molecular flexibility index (Phi) is 5.82. The monoisotopic (exact) mass is 228 g/mol. The summed E-state index contributed by atoms with van der Waals surface area (Å²) in [6, 6.07) is 0. The van der Waals surface area contributed by atoms with Crippen LogP contribution in [0.15, 0.2) is 12.2 Å². The van der Waals surface area contributed by atoms with Crippen molar-refractivity contribution < 1.29 is 4.43 Å². The Morgan fingerprint density at radius 1 is 1.20 bits per heavy atom. The van der Waals surface area contributed by atoms with Crippen molar-refractivity contribution in [1.29, 1.82) is 0 Å². The Hall–Kier alpha value is -0.0831. The van der Waals surface area contributed by atoms with E-state index in [0.717, 1.165) is 13.0 Å². The molecule has 1 nitrogen and oxygen atoms in total. The summed E-state index contributed by atoms with van der Waals surface area (Å²) in [6.07, 6.45) is 5.41. The molecule has 0 N–H and O–H groups in total. The maximum Gasteiger partial charge on any atom is 0.192 e. The zero-order chi connectivity index (χ0) is 12.1. The summed E-state index contributed by atoms with van der Waals surface area (Å²) in [4.78, 5) is 0. The van der Waals surface area contributed by atoms with E-state index in [9.17, 15) is 0 Å². The molecule has 0 bridgehead atoms. The molecule has 0 aromatic rings. The van der Waals surface area contributed by atoms with Crippen molar-refractivity contribution in [1.82, 2.24) is 0 Å². The molecule has 15 heavy (non-hydrogen) atoms. The minimum atomic E-state index is -1.60. The van der Waals surface area contributed by atoms with Crippen molar-refractivity contribution in [2.75, 3.05) is 6.61 Å². The fraction of sp³-hybridized carbons (Fsp3) is 0.846. The van der Waals surface area contributed by atoms with Crippen LogP contribution in [0.1, 0.15) is 41.0 Å². The Bertz CT molecular complexity index is 205. The highest BCUT2D eigenvalue weighted by molar-refractivity contribution is 6.74. The molecule has 2 heteroatoms. The van der Waals surface area contributed by atoms with Gasteiger partial charge in [-0.2, -0.15) is 0 Å². The molecule has 0 heterocycles. The summed E-state index contributed by atoms with van der Waals surface area (Å²) in [5.74, 6) is 0.675. The normalized spacial score (nSPS) is 14.1. The van der Waals surface area contributed by atoms with E-state index in [1.54, 1.807) is 0 Å². The van der Waals surface area contributed by atoms with Crippen LogP contribution in [0, 0.1) is 5.92 Å². The molecule has 0 saturated heterocycles. The van der Waals surface area contributed by atoms with Gasteiger partial charge in [0, 0.05) is 0 Å². The zero-order valence-electron chi connectivity index (χ0n) is 11.6. The molecule has 0 unspecified atom stereocenters. The molecule has 0 radical (unpaired) electrons. The van der Waals surface area contributed by atoms with Crippen LogP contribution in [0.4, 0.5) is 0 Å². The zero-order valence-corrected chi connectivity index (χ0v) is 12.6. The van der Waals surface area contributed by atoms with E-state index in [0.29, 0.717) is 11.0 Å². The maximum atomic E-state index is 6.11. The second kappa shape index (κ2) is 5.85. The fourth-order valence-corrected chi connectivity index (χ4v) is 3.65. The van der Waals surface area contributed by atoms with Crippen LogP contribution >= 0.6 is 0 Å². The van der Waals surface area contributed by atoms with Gasteiger partial charge < -0.3 is 4.43 Å². The van der Waals surface area contributed by atoms with Crippen molar-refractivity contribution in [3.8, 4) is 0 Å². The molecule has 0 aromatic carbocycles. The first-order valence-electron chi connectivity index (χ1n) is 6.04. The standard InChI is InChI=1S/C13H28OSi/c1-8-9-10-11-14-15(6,7)13(4,5)12(2)3/h9-10,12H,8,11H2,1-7H3/b10-9+. The van der Waals surface area contributed by atoms with Crippen molar-refractivity contribution in [3.05, 3.63) is 12.2 Å². The highest BCUT2D eigenvalue weighted by atomic mass is 28.4. The lowest BCUT2D eigenvalue weighted by Gasteiger charge is -2.42. The van der Waals surface area contributed by atoms with Gasteiger partial charge in [-0.3, -0.25) is 0 Å². The Balaban J connectivity index is 4.34. The lowest BCUT2D eigenvalue weighted by molar-refractivity contribution is 0.298. The first kappa shape index (κ1) is 14.9. The summed E-state index contributed by atoms with van der Waals surface area (Å²) < 4.78 is 6.11. The van der Waals surface area contributed by atoms with E-state index in [-0.39, 0.29) is 0 Å². The van der Waals surface area contributed by atoms with Gasteiger partial charge in [0.25, 0.3) is 0 Å². The Labute approximate surface area is 97.0 Å². The molecule has 0 aliphatic carbocycles. The second-order valence-electron chi connectivity index (χ2n) is 5.58. The molecule has 90 valence electrons. The minimum absolute atomic E-state index is 0.326. The van der Waals surface area contributed by atoms with E-state index in [2.05, 4.69) is 59.9 Å². The van der Waals surface area contributed by atoms with Crippen LogP contribution in [-0.2, 0) is 4.43 Å². The van der Waals surface area contributed by atoms with Crippen LogP contribution in [0.25, 0.3) is 0 Å². The molecule has 0 spiro atoms. The first-order chi connectivity index (χ1) is 6.75. The summed E-state index contributed by atoms with van der Waals surface area (Å²) in [6.45, 7) is 16.8. The predicted molar refractivity (Wildman–Crippen MR) is 71.7 cm³/mol. The maximum absolute atomic E-state index is 6.11. The van der Waals surface area contributed by atoms with Gasteiger partial charge in [-0.25, -0.2) is 0 Å². The molecule has 0 aliphatic heterocycles. The molecule has 0 fully saturated rings. The second-order valence-corrected chi connectivity index (χ2v) is 10.2. The highest BCUT2D eigenvalue weighted by Crippen LogP contribution is 2.44. The number of allylic oxidation sites excluding steroid dienone is 1. The summed E-state index contributed by atoms with van der Waals surface area (Å²) in [5.41, 5.74) is 0. The average Bonchev–Trinajstić information content (AvgIpc) is 2.12. The third-order valence-corrected chi connectivity index (χ3v) is 8.51. The quantitative estimate of drug-likeness (QED) is 0.476. The van der Waals surface area contributed by atoms with Gasteiger partial charge in [-0.15, -0.1) is 0 Å². The first-order valence-corrected chi connectivity index (χ1v) is 8.95. The van der Waals surface area contributed by atoms with Crippen LogP contribution in [-0.4, -0.2) is 14.9 Å². The Morgan fingerprint density at radius 3 is 2.13 bits per heavy atom. The molecule has 0 rings (SSSR count). The third-order valence-electron chi connectivity index (χ3n) is 3.94. The summed E-state index contributed by atoms with van der Waals surface area (Å²) in [5, 5.41) is 0.326. The van der Waals surface area contributed by atoms with Gasteiger partial charge in [-0.1, -0.05) is 46.8 Å². The summed E-state index contributed by atoms with van der Waals surface area (Å²) in [7, 11) is -1.60. The van der Waals surface area contributed by atoms with Gasteiger partial charge in [-0.05, 0) is 30.5 Å². The summed E-state index contributed by atoms with van der Waals surface area (Å²) >= 11 is 0. The van der Waals surface area contributed by atoms with Gasteiger partial charge in [0.05, 0.1) is 6.61 Å². The van der Waals surface area contributed by atoms with Gasteiger partial charge in [0.2, 0.25) is 0 Å². The molecule has 0 aromatic heterocycles. The van der Waals surface area contributed by atoms with Crippen molar-refractivity contribution in [2.24, 2.45) is 5.92 Å².